The predicted molar refractivity (Wildman–Crippen MR) is 135 cm³/mol. The van der Waals surface area contributed by atoms with E-state index in [9.17, 15) is 9.59 Å². The summed E-state index contributed by atoms with van der Waals surface area (Å²) < 4.78 is 10.9. The highest BCUT2D eigenvalue weighted by Gasteiger charge is 2.33. The fourth-order valence-electron chi connectivity index (χ4n) is 3.96. The summed E-state index contributed by atoms with van der Waals surface area (Å²) in [5.41, 5.74) is 9.77. The molecule has 3 aromatic rings. The molecule has 2 amide bonds. The largest absolute Gasteiger partial charge is 0.497 e. The number of benzene rings is 3. The molecule has 7 nitrogen and oxygen atoms in total. The van der Waals surface area contributed by atoms with Crippen molar-refractivity contribution in [2.75, 3.05) is 12.8 Å². The Kier molecular flexibility index (Phi) is 7.57. The van der Waals surface area contributed by atoms with Gasteiger partial charge in [0.15, 0.2) is 0 Å². The normalized spacial score (nSPS) is 15.3. The van der Waals surface area contributed by atoms with Crippen LogP contribution in [0.3, 0.4) is 0 Å². The van der Waals surface area contributed by atoms with Gasteiger partial charge in [-0.15, -0.1) is 0 Å². The number of carbonyl (C=O) groups excluding carboxylic acids is 2. The van der Waals surface area contributed by atoms with Gasteiger partial charge in [-0.25, -0.2) is 9.59 Å². The van der Waals surface area contributed by atoms with Crippen LogP contribution < -0.4 is 21.1 Å². The lowest BCUT2D eigenvalue weighted by Crippen LogP contribution is -2.46. The van der Waals surface area contributed by atoms with Crippen LogP contribution in [0.4, 0.5) is 10.5 Å². The predicted octanol–water partition coefficient (Wildman–Crippen LogP) is 4.92. The van der Waals surface area contributed by atoms with Crippen molar-refractivity contribution in [1.29, 1.82) is 0 Å². The van der Waals surface area contributed by atoms with Gasteiger partial charge < -0.3 is 25.8 Å². The maximum Gasteiger partial charge on any atom is 0.338 e. The summed E-state index contributed by atoms with van der Waals surface area (Å²) in [5, 5.41) is 6.15. The van der Waals surface area contributed by atoms with E-state index in [-0.39, 0.29) is 6.61 Å². The summed E-state index contributed by atoms with van der Waals surface area (Å²) in [4.78, 5) is 25.9. The van der Waals surface area contributed by atoms with Gasteiger partial charge in [-0.05, 0) is 65.9 Å². The summed E-state index contributed by atoms with van der Waals surface area (Å²) >= 11 is 6.20. The molecule has 0 saturated carbocycles. The number of carbonyl (C=O) groups is 2. The zero-order valence-electron chi connectivity index (χ0n) is 19.2. The van der Waals surface area contributed by atoms with Crippen molar-refractivity contribution in [3.05, 3.63) is 106 Å². The van der Waals surface area contributed by atoms with E-state index in [1.54, 1.807) is 43.5 Å². The van der Waals surface area contributed by atoms with Crippen LogP contribution in [-0.4, -0.2) is 19.1 Å². The topological polar surface area (TPSA) is 103 Å². The molecular weight excluding hydrogens is 466 g/mol. The molecule has 0 saturated heterocycles. The van der Waals surface area contributed by atoms with E-state index in [2.05, 4.69) is 10.6 Å². The molecule has 0 bridgehead atoms. The van der Waals surface area contributed by atoms with Crippen LogP contribution in [0.15, 0.2) is 84.1 Å². The Labute approximate surface area is 208 Å². The second-order valence-corrected chi connectivity index (χ2v) is 8.58. The average Bonchev–Trinajstić information content (AvgIpc) is 2.86. The van der Waals surface area contributed by atoms with Crippen LogP contribution in [0, 0.1) is 0 Å². The molecule has 35 heavy (non-hydrogen) atoms. The van der Waals surface area contributed by atoms with Crippen LogP contribution in [0.5, 0.6) is 5.75 Å². The number of hydrogen-bond acceptors (Lipinski definition) is 5. The fraction of sp³-hybridized carbons (Fsp3) is 0.185. The number of nitrogen functional groups attached to an aromatic ring is 1. The van der Waals surface area contributed by atoms with E-state index in [1.807, 2.05) is 36.4 Å². The van der Waals surface area contributed by atoms with E-state index in [1.165, 1.54) is 0 Å². The molecule has 0 aliphatic carbocycles. The van der Waals surface area contributed by atoms with E-state index in [4.69, 9.17) is 26.8 Å². The molecule has 1 aliphatic rings. The molecule has 0 fully saturated rings. The van der Waals surface area contributed by atoms with Crippen molar-refractivity contribution in [3.63, 3.8) is 0 Å². The summed E-state index contributed by atoms with van der Waals surface area (Å²) in [6, 6.07) is 20.8. The van der Waals surface area contributed by atoms with Crippen LogP contribution in [0.2, 0.25) is 5.02 Å². The number of hydrogen-bond donors (Lipinski definition) is 3. The third kappa shape index (κ3) is 6.13. The van der Waals surface area contributed by atoms with E-state index in [0.717, 1.165) is 16.9 Å². The number of aryl methyl sites for hydroxylation is 1. The Bertz CT molecular complexity index is 1260. The minimum absolute atomic E-state index is 0.0509. The number of rotatable bonds is 8. The van der Waals surface area contributed by atoms with Gasteiger partial charge in [0.1, 0.15) is 12.4 Å². The van der Waals surface area contributed by atoms with Gasteiger partial charge in [0, 0.05) is 16.4 Å². The lowest BCUT2D eigenvalue weighted by atomic mass is 9.93. The number of halogens is 1. The lowest BCUT2D eigenvalue weighted by Gasteiger charge is -2.29. The lowest BCUT2D eigenvalue weighted by molar-refractivity contribution is -0.140. The van der Waals surface area contributed by atoms with Crippen molar-refractivity contribution < 1.29 is 19.1 Å². The SMILES string of the molecule is COc1ccc(CCC2=C(C(=O)OCc3cccc(N)c3)C(c3cccc(Cl)c3)NC(=O)N2)cc1. The molecule has 4 rings (SSSR count). The summed E-state index contributed by atoms with van der Waals surface area (Å²) in [7, 11) is 1.61. The minimum Gasteiger partial charge on any atom is -0.497 e. The van der Waals surface area contributed by atoms with Gasteiger partial charge in [0.25, 0.3) is 0 Å². The Morgan fingerprint density at radius 3 is 2.49 bits per heavy atom. The van der Waals surface area contributed by atoms with Crippen LogP contribution in [0.25, 0.3) is 0 Å². The van der Waals surface area contributed by atoms with E-state index in [0.29, 0.717) is 40.4 Å². The van der Waals surface area contributed by atoms with Crippen molar-refractivity contribution in [3.8, 4) is 5.75 Å². The van der Waals surface area contributed by atoms with Gasteiger partial charge >= 0.3 is 12.0 Å². The molecule has 8 heteroatoms. The zero-order valence-corrected chi connectivity index (χ0v) is 20.0. The number of urea groups is 1. The molecule has 0 aromatic heterocycles. The average molecular weight is 492 g/mol. The minimum atomic E-state index is -0.707. The number of allylic oxidation sites excluding steroid dienone is 1. The Balaban J connectivity index is 1.64. The highest BCUT2D eigenvalue weighted by Crippen LogP contribution is 2.31. The van der Waals surface area contributed by atoms with Crippen molar-refractivity contribution in [2.45, 2.75) is 25.5 Å². The monoisotopic (exact) mass is 491 g/mol. The second-order valence-electron chi connectivity index (χ2n) is 8.15. The van der Waals surface area contributed by atoms with Gasteiger partial charge in [0.2, 0.25) is 0 Å². The number of nitrogens with one attached hydrogen (secondary N) is 2. The van der Waals surface area contributed by atoms with Gasteiger partial charge in [0.05, 0.1) is 18.7 Å². The molecular formula is C27H26ClN3O4. The standard InChI is InChI=1S/C27H26ClN3O4/c1-34-22-11-8-17(9-12-22)10-13-23-24(26(32)35-16-18-4-2-7-21(29)14-18)25(31-27(33)30-23)19-5-3-6-20(28)15-19/h2-9,11-12,14-15,25H,10,13,16,29H2,1H3,(H2,30,31,33). The van der Waals surface area contributed by atoms with E-state index >= 15 is 0 Å². The first-order chi connectivity index (χ1) is 16.9. The third-order valence-corrected chi connectivity index (χ3v) is 5.93. The van der Waals surface area contributed by atoms with Gasteiger partial charge in [-0.1, -0.05) is 48.0 Å². The van der Waals surface area contributed by atoms with Crippen molar-refractivity contribution in [1.82, 2.24) is 10.6 Å². The molecule has 4 N–H and O–H groups in total. The smallest absolute Gasteiger partial charge is 0.338 e. The maximum absolute atomic E-state index is 13.4. The Hall–Kier alpha value is -3.97. The molecule has 1 heterocycles. The molecule has 0 radical (unpaired) electrons. The van der Waals surface area contributed by atoms with Crippen molar-refractivity contribution >= 4 is 29.3 Å². The first kappa shape index (κ1) is 24.2. The van der Waals surface area contributed by atoms with Crippen LogP contribution >= 0.6 is 11.6 Å². The van der Waals surface area contributed by atoms with Crippen LogP contribution in [-0.2, 0) is 22.6 Å². The molecule has 1 atom stereocenters. The first-order valence-corrected chi connectivity index (χ1v) is 11.5. The number of ether oxygens (including phenoxy) is 2. The van der Waals surface area contributed by atoms with Crippen molar-refractivity contribution in [2.24, 2.45) is 0 Å². The number of esters is 1. The molecule has 0 spiro atoms. The number of methoxy groups -OCH3 is 1. The summed E-state index contributed by atoms with van der Waals surface area (Å²) in [6.45, 7) is 0.0509. The molecule has 180 valence electrons. The number of nitrogens with two attached hydrogens (primary N) is 1. The highest BCUT2D eigenvalue weighted by atomic mass is 35.5. The number of amides is 2. The maximum atomic E-state index is 13.4. The Morgan fingerprint density at radius 2 is 1.77 bits per heavy atom. The fourth-order valence-corrected chi connectivity index (χ4v) is 4.16. The third-order valence-electron chi connectivity index (χ3n) is 5.70. The Morgan fingerprint density at radius 1 is 1.00 bits per heavy atom. The van der Waals surface area contributed by atoms with E-state index < -0.39 is 18.0 Å². The first-order valence-electron chi connectivity index (χ1n) is 11.1. The molecule has 1 unspecified atom stereocenters. The number of anilines is 1. The van der Waals surface area contributed by atoms with Crippen LogP contribution in [0.1, 0.15) is 29.2 Å². The highest BCUT2D eigenvalue weighted by molar-refractivity contribution is 6.30. The second kappa shape index (κ2) is 11.0. The molecule has 3 aromatic carbocycles. The summed E-state index contributed by atoms with van der Waals surface area (Å²) in [6.07, 6.45) is 1.04. The quantitative estimate of drug-likeness (QED) is 0.307. The van der Waals surface area contributed by atoms with Gasteiger partial charge in [-0.3, -0.25) is 0 Å². The molecule has 1 aliphatic heterocycles. The summed E-state index contributed by atoms with van der Waals surface area (Å²) in [5.74, 6) is 0.226. The van der Waals surface area contributed by atoms with Gasteiger partial charge in [-0.2, -0.15) is 0 Å². The zero-order chi connectivity index (χ0) is 24.8.